The van der Waals surface area contributed by atoms with E-state index in [1.54, 1.807) is 11.0 Å². The number of hydrogen-bond acceptors (Lipinski definition) is 3. The van der Waals surface area contributed by atoms with E-state index in [9.17, 15) is 9.90 Å². The number of carbonyl (C=O) groups excluding carboxylic acids is 1. The third-order valence-corrected chi connectivity index (χ3v) is 3.84. The van der Waals surface area contributed by atoms with Crippen LogP contribution < -0.4 is 0 Å². The highest BCUT2D eigenvalue weighted by Gasteiger charge is 2.36. The molecular formula is C13H14ClNO3. The summed E-state index contributed by atoms with van der Waals surface area (Å²) in [6.07, 6.45) is 2.34. The summed E-state index contributed by atoms with van der Waals surface area (Å²) in [5.74, 6) is -0.0740. The lowest BCUT2D eigenvalue weighted by molar-refractivity contribution is -0.0303. The third kappa shape index (κ3) is 2.06. The van der Waals surface area contributed by atoms with Crippen LogP contribution in [0.25, 0.3) is 0 Å². The summed E-state index contributed by atoms with van der Waals surface area (Å²) in [6, 6.07) is 4.43. The van der Waals surface area contributed by atoms with Gasteiger partial charge in [-0.1, -0.05) is 11.6 Å². The number of hydrogen-bond donors (Lipinski definition) is 1. The van der Waals surface area contributed by atoms with E-state index in [-0.39, 0.29) is 23.9 Å². The number of carbonyl (C=O) groups is 1. The Hall–Kier alpha value is -1.26. The number of morpholine rings is 1. The van der Waals surface area contributed by atoms with Crippen molar-refractivity contribution >= 4 is 17.5 Å². The van der Waals surface area contributed by atoms with Gasteiger partial charge in [0.2, 0.25) is 0 Å². The Balaban J connectivity index is 1.84. The molecule has 0 spiro atoms. The molecule has 1 aromatic carbocycles. The van der Waals surface area contributed by atoms with Gasteiger partial charge in [0.1, 0.15) is 5.75 Å². The molecule has 0 aromatic heterocycles. The number of phenols is 1. The molecule has 1 N–H and O–H groups in total. The molecule has 2 fully saturated rings. The van der Waals surface area contributed by atoms with Gasteiger partial charge in [-0.25, -0.2) is 0 Å². The van der Waals surface area contributed by atoms with Gasteiger partial charge in [-0.2, -0.15) is 0 Å². The average Bonchev–Trinajstić information content (AvgIpc) is 2.70. The van der Waals surface area contributed by atoms with Crippen molar-refractivity contribution in [2.45, 2.75) is 25.0 Å². The molecule has 4 nitrogen and oxygen atoms in total. The van der Waals surface area contributed by atoms with Crippen LogP contribution in [0.4, 0.5) is 0 Å². The molecule has 1 amide bonds. The number of phenolic OH excluding ortho intramolecular Hbond substituents is 1. The standard InChI is InChI=1S/C13H14ClNO3/c14-12-4-1-8(16)5-11(12)13(17)15-6-9-2-3-10(7-15)18-9/h1,4-5,9-10,16H,2-3,6-7H2. The number of ether oxygens (including phenoxy) is 1. The van der Waals surface area contributed by atoms with Crippen molar-refractivity contribution in [2.24, 2.45) is 0 Å². The lowest BCUT2D eigenvalue weighted by Crippen LogP contribution is -2.45. The second-order valence-electron chi connectivity index (χ2n) is 4.83. The van der Waals surface area contributed by atoms with Crippen molar-refractivity contribution in [1.82, 2.24) is 4.90 Å². The lowest BCUT2D eigenvalue weighted by atomic mass is 10.1. The molecule has 0 radical (unpaired) electrons. The molecule has 2 aliphatic heterocycles. The quantitative estimate of drug-likeness (QED) is 0.847. The third-order valence-electron chi connectivity index (χ3n) is 3.51. The van der Waals surface area contributed by atoms with Gasteiger partial charge in [-0.15, -0.1) is 0 Å². The van der Waals surface area contributed by atoms with Crippen LogP contribution in [0.5, 0.6) is 5.75 Å². The Morgan fingerprint density at radius 2 is 2.00 bits per heavy atom. The van der Waals surface area contributed by atoms with Crippen LogP contribution in [0, 0.1) is 0 Å². The van der Waals surface area contributed by atoms with Crippen LogP contribution in [-0.4, -0.2) is 41.2 Å². The van der Waals surface area contributed by atoms with E-state index in [4.69, 9.17) is 16.3 Å². The summed E-state index contributed by atoms with van der Waals surface area (Å²) in [4.78, 5) is 14.1. The minimum atomic E-state index is -0.129. The molecular weight excluding hydrogens is 254 g/mol. The Bertz CT molecular complexity index is 479. The molecule has 1 aromatic rings. The summed E-state index contributed by atoms with van der Waals surface area (Å²) in [7, 11) is 0. The fourth-order valence-electron chi connectivity index (χ4n) is 2.63. The zero-order valence-corrected chi connectivity index (χ0v) is 10.6. The van der Waals surface area contributed by atoms with Crippen LogP contribution in [0.1, 0.15) is 23.2 Å². The van der Waals surface area contributed by atoms with Gasteiger partial charge in [0.25, 0.3) is 5.91 Å². The van der Waals surface area contributed by atoms with Crippen molar-refractivity contribution < 1.29 is 14.6 Å². The topological polar surface area (TPSA) is 49.8 Å². The van der Waals surface area contributed by atoms with Gasteiger partial charge < -0.3 is 14.7 Å². The number of amides is 1. The van der Waals surface area contributed by atoms with E-state index in [1.165, 1.54) is 12.1 Å². The first-order valence-corrected chi connectivity index (χ1v) is 6.44. The van der Waals surface area contributed by atoms with Crippen LogP contribution >= 0.6 is 11.6 Å². The highest BCUT2D eigenvalue weighted by atomic mass is 35.5. The van der Waals surface area contributed by atoms with Gasteiger partial charge in [-0.3, -0.25) is 4.79 Å². The van der Waals surface area contributed by atoms with Gasteiger partial charge in [0.05, 0.1) is 22.8 Å². The number of fused-ring (bicyclic) bond motifs is 2. The average molecular weight is 268 g/mol. The predicted molar refractivity (Wildman–Crippen MR) is 66.9 cm³/mol. The largest absolute Gasteiger partial charge is 0.508 e. The Labute approximate surface area is 110 Å². The Morgan fingerprint density at radius 1 is 1.33 bits per heavy atom. The van der Waals surface area contributed by atoms with E-state index < -0.39 is 0 Å². The summed E-state index contributed by atoms with van der Waals surface area (Å²) >= 11 is 6.01. The summed E-state index contributed by atoms with van der Waals surface area (Å²) in [5, 5.41) is 9.82. The van der Waals surface area contributed by atoms with E-state index >= 15 is 0 Å². The summed E-state index contributed by atoms with van der Waals surface area (Å²) in [5.41, 5.74) is 0.359. The minimum absolute atomic E-state index is 0.0546. The molecule has 2 unspecified atom stereocenters. The second-order valence-corrected chi connectivity index (χ2v) is 5.24. The van der Waals surface area contributed by atoms with Gasteiger partial charge in [0, 0.05) is 13.1 Å². The van der Waals surface area contributed by atoms with Crippen molar-refractivity contribution in [2.75, 3.05) is 13.1 Å². The molecule has 2 saturated heterocycles. The maximum atomic E-state index is 12.4. The molecule has 96 valence electrons. The monoisotopic (exact) mass is 267 g/mol. The Kier molecular flexibility index (Phi) is 2.92. The minimum Gasteiger partial charge on any atom is -0.508 e. The van der Waals surface area contributed by atoms with Crippen LogP contribution in [0.2, 0.25) is 5.02 Å². The van der Waals surface area contributed by atoms with E-state index in [1.807, 2.05) is 0 Å². The van der Waals surface area contributed by atoms with Crippen molar-refractivity contribution in [3.8, 4) is 5.75 Å². The number of benzene rings is 1. The molecule has 2 heterocycles. The SMILES string of the molecule is O=C(c1cc(O)ccc1Cl)N1CC2CCC(C1)O2. The van der Waals surface area contributed by atoms with Crippen molar-refractivity contribution in [1.29, 1.82) is 0 Å². The lowest BCUT2D eigenvalue weighted by Gasteiger charge is -2.32. The van der Waals surface area contributed by atoms with E-state index in [0.29, 0.717) is 23.7 Å². The van der Waals surface area contributed by atoms with Gasteiger partial charge in [0.15, 0.2) is 0 Å². The first-order valence-electron chi connectivity index (χ1n) is 6.07. The molecule has 18 heavy (non-hydrogen) atoms. The smallest absolute Gasteiger partial charge is 0.255 e. The predicted octanol–water partition coefficient (Wildman–Crippen LogP) is 2.05. The normalized spacial score (nSPS) is 26.4. The first kappa shape index (κ1) is 11.8. The van der Waals surface area contributed by atoms with Crippen LogP contribution in [0.3, 0.4) is 0 Å². The molecule has 3 rings (SSSR count). The van der Waals surface area contributed by atoms with Crippen molar-refractivity contribution in [3.05, 3.63) is 28.8 Å². The fraction of sp³-hybridized carbons (Fsp3) is 0.462. The van der Waals surface area contributed by atoms with Gasteiger partial charge >= 0.3 is 0 Å². The molecule has 2 bridgehead atoms. The summed E-state index contributed by atoms with van der Waals surface area (Å²) in [6.45, 7) is 1.22. The van der Waals surface area contributed by atoms with Crippen molar-refractivity contribution in [3.63, 3.8) is 0 Å². The molecule has 5 heteroatoms. The zero-order valence-electron chi connectivity index (χ0n) is 9.80. The number of aromatic hydroxyl groups is 1. The number of rotatable bonds is 1. The molecule has 0 aliphatic carbocycles. The maximum absolute atomic E-state index is 12.4. The van der Waals surface area contributed by atoms with Gasteiger partial charge in [-0.05, 0) is 31.0 Å². The van der Waals surface area contributed by atoms with Crippen LogP contribution in [0.15, 0.2) is 18.2 Å². The fourth-order valence-corrected chi connectivity index (χ4v) is 2.83. The molecule has 0 saturated carbocycles. The molecule has 2 aliphatic rings. The van der Waals surface area contributed by atoms with E-state index in [0.717, 1.165) is 12.8 Å². The highest BCUT2D eigenvalue weighted by Crippen LogP contribution is 2.29. The zero-order chi connectivity index (χ0) is 12.7. The second kappa shape index (κ2) is 4.44. The number of likely N-dealkylation sites (tertiary alicyclic amines) is 1. The number of nitrogens with zero attached hydrogens (tertiary/aromatic N) is 1. The number of halogens is 1. The van der Waals surface area contributed by atoms with E-state index in [2.05, 4.69) is 0 Å². The van der Waals surface area contributed by atoms with Crippen LogP contribution in [-0.2, 0) is 4.74 Å². The maximum Gasteiger partial charge on any atom is 0.255 e. The highest BCUT2D eigenvalue weighted by molar-refractivity contribution is 6.33. The molecule has 2 atom stereocenters. The Morgan fingerprint density at radius 3 is 2.67 bits per heavy atom. The first-order chi connectivity index (χ1) is 8.63. The summed E-state index contributed by atoms with van der Waals surface area (Å²) < 4.78 is 5.69.